The maximum atomic E-state index is 13.0. The molecule has 1 fully saturated rings. The van der Waals surface area contributed by atoms with E-state index in [2.05, 4.69) is 17.0 Å². The first kappa shape index (κ1) is 28.4. The molecule has 196 valence electrons. The van der Waals surface area contributed by atoms with Gasteiger partial charge in [-0.25, -0.2) is 0 Å². The van der Waals surface area contributed by atoms with Crippen molar-refractivity contribution < 1.29 is 49.1 Å². The van der Waals surface area contributed by atoms with Gasteiger partial charge in [0.15, 0.2) is 0 Å². The van der Waals surface area contributed by atoms with E-state index >= 15 is 0 Å². The Hall–Kier alpha value is -2.80. The van der Waals surface area contributed by atoms with Crippen molar-refractivity contribution in [2.45, 2.75) is 50.3 Å². The molecular formula is C21H22F9N3O2. The van der Waals surface area contributed by atoms with E-state index in [-0.39, 0.29) is 57.3 Å². The third-order valence-corrected chi connectivity index (χ3v) is 5.66. The van der Waals surface area contributed by atoms with Gasteiger partial charge in [-0.3, -0.25) is 14.6 Å². The van der Waals surface area contributed by atoms with Crippen LogP contribution >= 0.6 is 0 Å². The second-order valence-electron chi connectivity index (χ2n) is 8.12. The summed E-state index contributed by atoms with van der Waals surface area (Å²) in [5.74, 6) is -3.43. The first-order valence-electron chi connectivity index (χ1n) is 10.4. The Morgan fingerprint density at radius 1 is 0.914 bits per heavy atom. The Morgan fingerprint density at radius 2 is 1.43 bits per heavy atom. The Balaban J connectivity index is 2.03. The number of amides is 2. The zero-order chi connectivity index (χ0) is 26.6. The number of hydrogen-bond acceptors (Lipinski definition) is 3. The third-order valence-electron chi connectivity index (χ3n) is 5.66. The molecule has 1 N–H and O–H groups in total. The number of nitrogens with one attached hydrogen (secondary N) is 1. The molecule has 0 aliphatic heterocycles. The summed E-state index contributed by atoms with van der Waals surface area (Å²) in [6.45, 7) is 2.71. The number of benzene rings is 1. The van der Waals surface area contributed by atoms with Crippen molar-refractivity contribution in [3.05, 3.63) is 34.9 Å². The van der Waals surface area contributed by atoms with Crippen LogP contribution in [-0.4, -0.2) is 55.3 Å². The van der Waals surface area contributed by atoms with Crippen LogP contribution in [0.1, 0.15) is 47.2 Å². The molecule has 0 heterocycles. The standard InChI is InChI=1S/C21H22F9N3O2/c1-31-6-7-33(18(35)21(28,29)30)16-4-2-12(3-5-16)11-32-17(34)13-8-14(19(22,23)24)10-15(9-13)20(25,26)27/h8-10,12,16H,1-7,11H2,(H,32,34)/t12-,16-. The normalized spacial score (nSPS) is 19.2. The fraction of sp³-hybridized carbons (Fsp3) is 0.571. The van der Waals surface area contributed by atoms with E-state index in [0.29, 0.717) is 17.0 Å². The molecule has 0 atom stereocenters. The zero-order valence-electron chi connectivity index (χ0n) is 18.2. The molecular weight excluding hydrogens is 497 g/mol. The second-order valence-corrected chi connectivity index (χ2v) is 8.12. The van der Waals surface area contributed by atoms with Crippen LogP contribution in [0.4, 0.5) is 39.5 Å². The Bertz CT molecular complexity index is 886. The van der Waals surface area contributed by atoms with Crippen molar-refractivity contribution >= 4 is 18.5 Å². The smallest absolute Gasteiger partial charge is 0.352 e. The second kappa shape index (κ2) is 10.9. The van der Waals surface area contributed by atoms with Gasteiger partial charge in [-0.05, 0) is 56.5 Å². The first-order chi connectivity index (χ1) is 16.0. The number of rotatable bonds is 7. The third kappa shape index (κ3) is 7.85. The summed E-state index contributed by atoms with van der Waals surface area (Å²) < 4.78 is 117. The van der Waals surface area contributed by atoms with Gasteiger partial charge in [-0.2, -0.15) is 39.5 Å². The van der Waals surface area contributed by atoms with Gasteiger partial charge in [0.25, 0.3) is 5.91 Å². The van der Waals surface area contributed by atoms with Gasteiger partial charge in [-0.1, -0.05) is 0 Å². The van der Waals surface area contributed by atoms with Crippen molar-refractivity contribution in [1.82, 2.24) is 10.2 Å². The fourth-order valence-electron chi connectivity index (χ4n) is 3.88. The van der Waals surface area contributed by atoms with E-state index in [9.17, 15) is 49.1 Å². The van der Waals surface area contributed by atoms with Gasteiger partial charge in [0.1, 0.15) is 0 Å². The highest BCUT2D eigenvalue weighted by molar-refractivity contribution is 5.94. The molecule has 1 aliphatic rings. The lowest BCUT2D eigenvalue weighted by Gasteiger charge is -2.37. The van der Waals surface area contributed by atoms with Crippen LogP contribution in [-0.2, 0) is 17.1 Å². The topological polar surface area (TPSA) is 61.8 Å². The van der Waals surface area contributed by atoms with Crippen LogP contribution in [0.3, 0.4) is 0 Å². The van der Waals surface area contributed by atoms with Gasteiger partial charge in [0, 0.05) is 24.7 Å². The van der Waals surface area contributed by atoms with Gasteiger partial charge in [-0.15, -0.1) is 0 Å². The summed E-state index contributed by atoms with van der Waals surface area (Å²) in [7, 11) is 0. The van der Waals surface area contributed by atoms with Crippen molar-refractivity contribution in [1.29, 1.82) is 0 Å². The molecule has 0 unspecified atom stereocenters. The number of halogens is 9. The van der Waals surface area contributed by atoms with E-state index in [0.717, 1.165) is 0 Å². The molecule has 14 heteroatoms. The summed E-state index contributed by atoms with van der Waals surface area (Å²) in [4.78, 5) is 28.2. The molecule has 35 heavy (non-hydrogen) atoms. The largest absolute Gasteiger partial charge is 0.471 e. The molecule has 2 rings (SSSR count). The lowest BCUT2D eigenvalue weighted by atomic mass is 9.85. The Morgan fingerprint density at radius 3 is 1.86 bits per heavy atom. The summed E-state index contributed by atoms with van der Waals surface area (Å²) in [6, 6.07) is -0.185. The van der Waals surface area contributed by atoms with Crippen LogP contribution in [0.5, 0.6) is 0 Å². The molecule has 1 saturated carbocycles. The van der Waals surface area contributed by atoms with E-state index in [1.54, 1.807) is 0 Å². The SMILES string of the molecule is C=NCCN(C(=O)C(F)(F)F)[C@H]1CC[C@H](CNC(=O)c2cc(C(F)(F)F)cc(C(F)(F)F)c2)CC1. The average Bonchev–Trinajstić information content (AvgIpc) is 2.76. The molecule has 0 spiro atoms. The lowest BCUT2D eigenvalue weighted by molar-refractivity contribution is -0.188. The minimum absolute atomic E-state index is 0.0886. The van der Waals surface area contributed by atoms with E-state index in [4.69, 9.17) is 0 Å². The molecule has 1 aromatic rings. The molecule has 2 amide bonds. The molecule has 0 aromatic heterocycles. The van der Waals surface area contributed by atoms with E-state index in [1.807, 2.05) is 0 Å². The van der Waals surface area contributed by atoms with Crippen molar-refractivity contribution in [3.8, 4) is 0 Å². The van der Waals surface area contributed by atoms with Crippen LogP contribution in [0.2, 0.25) is 0 Å². The minimum Gasteiger partial charge on any atom is -0.352 e. The lowest BCUT2D eigenvalue weighted by Crippen LogP contribution is -2.49. The predicted octanol–water partition coefficient (Wildman–Crippen LogP) is 5.10. The maximum absolute atomic E-state index is 13.0. The van der Waals surface area contributed by atoms with E-state index in [1.165, 1.54) is 0 Å². The molecule has 5 nitrogen and oxygen atoms in total. The Kier molecular flexibility index (Phi) is 8.82. The predicted molar refractivity (Wildman–Crippen MR) is 107 cm³/mol. The highest BCUT2D eigenvalue weighted by atomic mass is 19.4. The summed E-state index contributed by atoms with van der Waals surface area (Å²) in [6.07, 6.45) is -14.4. The highest BCUT2D eigenvalue weighted by Crippen LogP contribution is 2.36. The maximum Gasteiger partial charge on any atom is 0.471 e. The summed E-state index contributed by atoms with van der Waals surface area (Å²) in [5.41, 5.74) is -4.07. The molecule has 0 saturated heterocycles. The Labute approximate surface area is 194 Å². The van der Waals surface area contributed by atoms with Crippen LogP contribution < -0.4 is 5.32 Å². The number of carbonyl (C=O) groups is 2. The van der Waals surface area contributed by atoms with Crippen LogP contribution in [0, 0.1) is 5.92 Å². The van der Waals surface area contributed by atoms with Gasteiger partial charge < -0.3 is 10.2 Å². The van der Waals surface area contributed by atoms with Gasteiger partial charge in [0.2, 0.25) is 0 Å². The quantitative estimate of drug-likeness (QED) is 0.403. The molecule has 1 aromatic carbocycles. The zero-order valence-corrected chi connectivity index (χ0v) is 18.2. The summed E-state index contributed by atoms with van der Waals surface area (Å²) in [5, 5.41) is 2.29. The van der Waals surface area contributed by atoms with Crippen LogP contribution in [0.15, 0.2) is 23.2 Å². The molecule has 0 bridgehead atoms. The minimum atomic E-state index is -5.10. The average molecular weight is 519 g/mol. The van der Waals surface area contributed by atoms with Crippen molar-refractivity contribution in [3.63, 3.8) is 0 Å². The highest BCUT2D eigenvalue weighted by Gasteiger charge is 2.45. The molecule has 1 aliphatic carbocycles. The van der Waals surface area contributed by atoms with Crippen molar-refractivity contribution in [2.24, 2.45) is 10.9 Å². The number of carbonyl (C=O) groups excluding carboxylic acids is 2. The van der Waals surface area contributed by atoms with Gasteiger partial charge in [0.05, 0.1) is 17.7 Å². The number of aliphatic imine (C=N–C) groups is 1. The molecule has 0 radical (unpaired) electrons. The monoisotopic (exact) mass is 519 g/mol. The summed E-state index contributed by atoms with van der Waals surface area (Å²) >= 11 is 0. The number of hydrogen-bond donors (Lipinski definition) is 1. The first-order valence-corrected chi connectivity index (χ1v) is 10.4. The van der Waals surface area contributed by atoms with Crippen molar-refractivity contribution in [2.75, 3.05) is 19.6 Å². The number of alkyl halides is 9. The fourth-order valence-corrected chi connectivity index (χ4v) is 3.88. The van der Waals surface area contributed by atoms with Crippen LogP contribution in [0.25, 0.3) is 0 Å². The van der Waals surface area contributed by atoms with Gasteiger partial charge >= 0.3 is 24.4 Å². The van der Waals surface area contributed by atoms with E-state index < -0.39 is 53.1 Å². The number of nitrogens with zero attached hydrogens (tertiary/aromatic N) is 2.